The van der Waals surface area contributed by atoms with E-state index >= 15 is 0 Å². The molecule has 1 aromatic heterocycles. The number of carbonyl (C=O) groups excluding carboxylic acids is 2. The lowest BCUT2D eigenvalue weighted by molar-refractivity contribution is -0.137. The normalized spacial score (nSPS) is 12.0. The monoisotopic (exact) mass is 652 g/mol. The van der Waals surface area contributed by atoms with E-state index in [-0.39, 0.29) is 30.7 Å². The lowest BCUT2D eigenvalue weighted by atomic mass is 9.86. The number of aromatic nitrogens is 2. The summed E-state index contributed by atoms with van der Waals surface area (Å²) in [4.78, 5) is 47.6. The quantitative estimate of drug-likeness (QED) is 0.123. The highest BCUT2D eigenvalue weighted by Gasteiger charge is 2.23. The molecule has 8 nitrogen and oxygen atoms in total. The second-order valence-electron chi connectivity index (χ2n) is 13.0. The molecule has 0 aliphatic carbocycles. The largest absolute Gasteiger partial charge is 0.481 e. The van der Waals surface area contributed by atoms with E-state index in [1.807, 2.05) is 60.6 Å². The molecule has 0 spiro atoms. The van der Waals surface area contributed by atoms with Gasteiger partial charge in [-0.3, -0.25) is 14.4 Å². The number of benzene rings is 3. The Morgan fingerprint density at radius 2 is 1.45 bits per heavy atom. The van der Waals surface area contributed by atoms with E-state index in [1.54, 1.807) is 12.1 Å². The Bertz CT molecular complexity index is 1630. The van der Waals surface area contributed by atoms with Gasteiger partial charge in [0.05, 0.1) is 6.42 Å². The Balaban J connectivity index is 1.42. The fraction of sp³-hybridized carbons (Fsp3) is 0.342. The van der Waals surface area contributed by atoms with Crippen molar-refractivity contribution in [2.75, 3.05) is 12.3 Å². The number of carboxylic acid groups (broad SMARTS) is 1. The Labute approximate surface area is 281 Å². The van der Waals surface area contributed by atoms with Crippen LogP contribution in [0.2, 0.25) is 0 Å². The first kappa shape index (κ1) is 35.4. The van der Waals surface area contributed by atoms with Crippen molar-refractivity contribution in [1.29, 1.82) is 0 Å². The number of nitrogens with zero attached hydrogens (tertiary/aromatic N) is 2. The van der Waals surface area contributed by atoms with Gasteiger partial charge in [0.2, 0.25) is 5.91 Å². The van der Waals surface area contributed by atoms with Crippen molar-refractivity contribution in [2.45, 2.75) is 70.2 Å². The summed E-state index contributed by atoms with van der Waals surface area (Å²) >= 11 is 1.87. The number of thioether (sulfide) groups is 1. The molecule has 0 saturated heterocycles. The molecule has 9 heteroatoms. The van der Waals surface area contributed by atoms with Gasteiger partial charge in [-0.1, -0.05) is 83.1 Å². The number of amides is 2. The third-order valence-corrected chi connectivity index (χ3v) is 8.77. The zero-order chi connectivity index (χ0) is 34.0. The minimum Gasteiger partial charge on any atom is -0.481 e. The molecule has 1 atom stereocenters. The molecule has 0 bridgehead atoms. The first-order chi connectivity index (χ1) is 22.4. The molecule has 3 N–H and O–H groups in total. The van der Waals surface area contributed by atoms with Crippen LogP contribution in [0.1, 0.15) is 68.9 Å². The first-order valence-corrected chi connectivity index (χ1v) is 16.9. The van der Waals surface area contributed by atoms with Gasteiger partial charge in [0, 0.05) is 46.9 Å². The molecule has 0 radical (unpaired) electrons. The van der Waals surface area contributed by atoms with Crippen molar-refractivity contribution >= 4 is 29.5 Å². The summed E-state index contributed by atoms with van der Waals surface area (Å²) in [5.74, 6) is 0.541. The summed E-state index contributed by atoms with van der Waals surface area (Å²) < 4.78 is 0. The van der Waals surface area contributed by atoms with Crippen molar-refractivity contribution in [3.05, 3.63) is 102 Å². The fourth-order valence-corrected chi connectivity index (χ4v) is 5.95. The van der Waals surface area contributed by atoms with Gasteiger partial charge >= 0.3 is 5.97 Å². The number of aliphatic carboxylic acids is 1. The van der Waals surface area contributed by atoms with E-state index in [2.05, 4.69) is 79.5 Å². The van der Waals surface area contributed by atoms with Crippen LogP contribution in [0.5, 0.6) is 0 Å². The summed E-state index contributed by atoms with van der Waals surface area (Å²) in [6.45, 7) is 10.7. The van der Waals surface area contributed by atoms with Crippen molar-refractivity contribution in [1.82, 2.24) is 20.6 Å². The summed E-state index contributed by atoms with van der Waals surface area (Å²) in [7, 11) is 0. The molecule has 0 saturated carbocycles. The highest BCUT2D eigenvalue weighted by atomic mass is 32.2. The van der Waals surface area contributed by atoms with Crippen LogP contribution in [0.3, 0.4) is 0 Å². The van der Waals surface area contributed by atoms with Crippen LogP contribution in [0, 0.1) is 5.92 Å². The van der Waals surface area contributed by atoms with Crippen molar-refractivity contribution < 1.29 is 19.5 Å². The van der Waals surface area contributed by atoms with Crippen molar-refractivity contribution in [3.63, 3.8) is 0 Å². The maximum atomic E-state index is 13.1. The number of carbonyl (C=O) groups is 3. The number of carboxylic acids is 1. The Morgan fingerprint density at radius 1 is 0.830 bits per heavy atom. The van der Waals surface area contributed by atoms with E-state index in [1.165, 1.54) is 11.3 Å². The van der Waals surface area contributed by atoms with Gasteiger partial charge in [0.25, 0.3) is 5.91 Å². The molecule has 1 heterocycles. The molecule has 0 fully saturated rings. The van der Waals surface area contributed by atoms with Crippen LogP contribution in [-0.2, 0) is 21.4 Å². The Morgan fingerprint density at radius 3 is 2.02 bits per heavy atom. The van der Waals surface area contributed by atoms with Crippen LogP contribution in [-0.4, -0.2) is 51.2 Å². The third kappa shape index (κ3) is 10.8. The van der Waals surface area contributed by atoms with Crippen LogP contribution in [0.25, 0.3) is 22.5 Å². The Hall–Kier alpha value is -4.50. The van der Waals surface area contributed by atoms with Crippen molar-refractivity contribution in [2.24, 2.45) is 5.92 Å². The maximum Gasteiger partial charge on any atom is 0.305 e. The van der Waals surface area contributed by atoms with Gasteiger partial charge in [0.1, 0.15) is 6.04 Å². The van der Waals surface area contributed by atoms with Gasteiger partial charge in [0.15, 0.2) is 5.82 Å². The smallest absolute Gasteiger partial charge is 0.305 e. The van der Waals surface area contributed by atoms with Gasteiger partial charge in [-0.05, 0) is 64.5 Å². The second kappa shape index (κ2) is 16.4. The van der Waals surface area contributed by atoms with Gasteiger partial charge in [-0.2, -0.15) is 0 Å². The molecule has 0 aliphatic rings. The predicted molar refractivity (Wildman–Crippen MR) is 188 cm³/mol. The maximum absolute atomic E-state index is 13.1. The van der Waals surface area contributed by atoms with E-state index in [4.69, 9.17) is 5.11 Å². The molecule has 47 heavy (non-hydrogen) atoms. The number of hydrogen-bond acceptors (Lipinski definition) is 6. The summed E-state index contributed by atoms with van der Waals surface area (Å²) in [6, 6.07) is 22.4. The lowest BCUT2D eigenvalue weighted by Crippen LogP contribution is -2.48. The molecule has 1 unspecified atom stereocenters. The minimum absolute atomic E-state index is 0.0332. The molecule has 3 aromatic carbocycles. The van der Waals surface area contributed by atoms with Crippen LogP contribution in [0.4, 0.5) is 0 Å². The molecular formula is C38H44N4O4S. The highest BCUT2D eigenvalue weighted by molar-refractivity contribution is 7.99. The number of hydrogen-bond donors (Lipinski definition) is 3. The third-order valence-electron chi connectivity index (χ3n) is 7.73. The second-order valence-corrected chi connectivity index (χ2v) is 14.2. The minimum atomic E-state index is -1.01. The summed E-state index contributed by atoms with van der Waals surface area (Å²) in [5.41, 5.74) is 5.11. The van der Waals surface area contributed by atoms with Crippen molar-refractivity contribution in [3.8, 4) is 22.5 Å². The van der Waals surface area contributed by atoms with Crippen LogP contribution in [0.15, 0.2) is 90.1 Å². The Kier molecular flexibility index (Phi) is 12.3. The van der Waals surface area contributed by atoms with E-state index in [0.29, 0.717) is 17.3 Å². The van der Waals surface area contributed by atoms with Gasteiger partial charge in [-0.15, -0.1) is 11.8 Å². The molecule has 0 aliphatic heterocycles. The van der Waals surface area contributed by atoms with E-state index < -0.39 is 17.9 Å². The SMILES string of the molecule is CC(C)CCSc1ccc(-c2cnc(-c3ccc(CC(NC(=O)c4ccc(C(C)(C)C)cc4)C(=O)NCCC(=O)O)cc3)nc2)cc1. The summed E-state index contributed by atoms with van der Waals surface area (Å²) in [5, 5.41) is 14.5. The molecule has 4 aromatic rings. The molecular weight excluding hydrogens is 609 g/mol. The predicted octanol–water partition coefficient (Wildman–Crippen LogP) is 7.18. The average molecular weight is 653 g/mol. The average Bonchev–Trinajstić information content (AvgIpc) is 3.04. The van der Waals surface area contributed by atoms with E-state index in [9.17, 15) is 14.4 Å². The van der Waals surface area contributed by atoms with Gasteiger partial charge in [-0.25, -0.2) is 9.97 Å². The number of rotatable bonds is 14. The zero-order valence-corrected chi connectivity index (χ0v) is 28.6. The van der Waals surface area contributed by atoms with E-state index in [0.717, 1.165) is 33.6 Å². The topological polar surface area (TPSA) is 121 Å². The lowest BCUT2D eigenvalue weighted by Gasteiger charge is -2.20. The number of nitrogens with one attached hydrogen (secondary N) is 2. The molecule has 4 rings (SSSR count). The van der Waals surface area contributed by atoms with Crippen LogP contribution >= 0.6 is 11.8 Å². The summed E-state index contributed by atoms with van der Waals surface area (Å²) in [6.07, 6.45) is 4.83. The van der Waals surface area contributed by atoms with Gasteiger partial charge < -0.3 is 15.7 Å². The highest BCUT2D eigenvalue weighted by Crippen LogP contribution is 2.26. The first-order valence-electron chi connectivity index (χ1n) is 15.9. The zero-order valence-electron chi connectivity index (χ0n) is 27.7. The standard InChI is InChI=1S/C38H44N4O4S/c1-25(2)19-21-47-32-16-12-27(13-17-32)30-23-40-35(41-24-30)28-8-6-26(7-9-28)22-33(37(46)39-20-18-34(43)44)42-36(45)29-10-14-31(15-11-29)38(3,4)5/h6-17,23-25,33H,18-22H2,1-5H3,(H,39,46)(H,42,45)(H,43,44). The molecule has 246 valence electrons. The fourth-order valence-electron chi connectivity index (χ4n) is 4.80. The van der Waals surface area contributed by atoms with Crippen LogP contribution < -0.4 is 10.6 Å². The molecule has 2 amide bonds.